The number of hydrogen-bond acceptors (Lipinski definition) is 4. The van der Waals surface area contributed by atoms with Gasteiger partial charge in [0.05, 0.1) is 18.8 Å². The lowest BCUT2D eigenvalue weighted by Gasteiger charge is -2.48. The van der Waals surface area contributed by atoms with E-state index in [1.165, 1.54) is 0 Å². The van der Waals surface area contributed by atoms with Crippen LogP contribution >= 0.6 is 0 Å². The lowest BCUT2D eigenvalue weighted by molar-refractivity contribution is -0.320. The Bertz CT molecular complexity index is 530. The van der Waals surface area contributed by atoms with Crippen LogP contribution in [0.25, 0.3) is 0 Å². The fourth-order valence-corrected chi connectivity index (χ4v) is 3.43. The van der Waals surface area contributed by atoms with Crippen molar-refractivity contribution in [2.24, 2.45) is 5.41 Å². The fraction of sp³-hybridized carbons (Fsp3) is 0.684. The van der Waals surface area contributed by atoms with Gasteiger partial charge in [0.15, 0.2) is 5.79 Å². The number of anilines is 1. The van der Waals surface area contributed by atoms with Crippen LogP contribution in [0.4, 0.5) is 5.69 Å². The van der Waals surface area contributed by atoms with Crippen LogP contribution < -0.4 is 4.90 Å². The normalized spacial score (nSPS) is 25.3. The lowest BCUT2D eigenvalue weighted by Crippen LogP contribution is -2.51. The molecule has 2 fully saturated rings. The van der Waals surface area contributed by atoms with Crippen LogP contribution in [0.3, 0.4) is 0 Å². The second-order valence-electron chi connectivity index (χ2n) is 8.13. The van der Waals surface area contributed by atoms with E-state index in [0.29, 0.717) is 12.8 Å². The highest BCUT2D eigenvalue weighted by atomic mass is 16.7. The number of hydrogen-bond donors (Lipinski definition) is 1. The fourth-order valence-electron chi connectivity index (χ4n) is 3.43. The summed E-state index contributed by atoms with van der Waals surface area (Å²) in [6, 6.07) is 8.21. The third kappa shape index (κ3) is 3.39. The van der Waals surface area contributed by atoms with Crippen molar-refractivity contribution in [1.29, 1.82) is 0 Å². The molecular weight excluding hydrogens is 290 g/mol. The van der Waals surface area contributed by atoms with Crippen LogP contribution in [0.15, 0.2) is 24.3 Å². The molecule has 4 nitrogen and oxygen atoms in total. The Morgan fingerprint density at radius 1 is 0.913 bits per heavy atom. The Hall–Kier alpha value is -1.10. The molecular formula is C19H29NO3. The van der Waals surface area contributed by atoms with Crippen LogP contribution in [0.1, 0.15) is 45.1 Å². The molecule has 0 bridgehead atoms. The minimum Gasteiger partial charge on any atom is -0.385 e. The molecule has 1 heterocycles. The Balaban J connectivity index is 1.67. The highest BCUT2D eigenvalue weighted by Crippen LogP contribution is 2.46. The minimum absolute atomic E-state index is 0.0843. The largest absolute Gasteiger partial charge is 0.385 e. The third-order valence-corrected chi connectivity index (χ3v) is 5.21. The molecule has 1 saturated carbocycles. The molecule has 4 heteroatoms. The molecule has 1 saturated heterocycles. The standard InChI is InChI=1S/C19H29NO3/c1-17(2)13-22-19(23-14-17)11-9-18(21,10-12-19)15-5-7-16(8-6-15)20(3)4/h5-8,21H,9-14H2,1-4H3. The van der Waals surface area contributed by atoms with Gasteiger partial charge in [-0.2, -0.15) is 0 Å². The molecule has 2 aliphatic rings. The maximum absolute atomic E-state index is 11.1. The first-order valence-electron chi connectivity index (χ1n) is 8.52. The highest BCUT2D eigenvalue weighted by molar-refractivity contribution is 5.47. The van der Waals surface area contributed by atoms with Crippen LogP contribution in [0.2, 0.25) is 0 Å². The Morgan fingerprint density at radius 2 is 1.43 bits per heavy atom. The maximum Gasteiger partial charge on any atom is 0.168 e. The van der Waals surface area contributed by atoms with Crippen LogP contribution in [0, 0.1) is 5.41 Å². The summed E-state index contributed by atoms with van der Waals surface area (Å²) < 4.78 is 12.1. The summed E-state index contributed by atoms with van der Waals surface area (Å²) >= 11 is 0. The molecule has 1 aliphatic carbocycles. The van der Waals surface area contributed by atoms with Gasteiger partial charge in [-0.05, 0) is 30.5 Å². The molecule has 0 aromatic heterocycles. The van der Waals surface area contributed by atoms with Crippen molar-refractivity contribution >= 4 is 5.69 Å². The van der Waals surface area contributed by atoms with Gasteiger partial charge in [0, 0.05) is 38.0 Å². The summed E-state index contributed by atoms with van der Waals surface area (Å²) in [6.45, 7) is 5.77. The van der Waals surface area contributed by atoms with Gasteiger partial charge < -0.3 is 19.5 Å². The zero-order valence-corrected chi connectivity index (χ0v) is 14.8. The SMILES string of the molecule is CN(C)c1ccc(C2(O)CCC3(CC2)OCC(C)(C)CO3)cc1. The minimum atomic E-state index is -0.768. The zero-order chi connectivity index (χ0) is 16.7. The first kappa shape index (κ1) is 16.7. The average molecular weight is 319 g/mol. The van der Waals surface area contributed by atoms with Crippen molar-refractivity contribution in [3.05, 3.63) is 29.8 Å². The van der Waals surface area contributed by atoms with Crippen molar-refractivity contribution in [2.45, 2.75) is 50.9 Å². The first-order valence-corrected chi connectivity index (χ1v) is 8.52. The van der Waals surface area contributed by atoms with E-state index in [0.717, 1.165) is 37.3 Å². The Labute approximate surface area is 139 Å². The predicted molar refractivity (Wildman–Crippen MR) is 91.5 cm³/mol. The van der Waals surface area contributed by atoms with E-state index in [-0.39, 0.29) is 5.41 Å². The smallest absolute Gasteiger partial charge is 0.168 e. The topological polar surface area (TPSA) is 41.9 Å². The number of rotatable bonds is 2. The monoisotopic (exact) mass is 319 g/mol. The molecule has 1 aliphatic heterocycles. The molecule has 0 atom stereocenters. The third-order valence-electron chi connectivity index (χ3n) is 5.21. The van der Waals surface area contributed by atoms with Gasteiger partial charge in [0.1, 0.15) is 0 Å². The van der Waals surface area contributed by atoms with Gasteiger partial charge in [0.2, 0.25) is 0 Å². The van der Waals surface area contributed by atoms with E-state index in [4.69, 9.17) is 9.47 Å². The lowest BCUT2D eigenvalue weighted by atomic mass is 9.76. The molecule has 1 aromatic rings. The molecule has 128 valence electrons. The second-order valence-corrected chi connectivity index (χ2v) is 8.13. The number of nitrogens with zero attached hydrogens (tertiary/aromatic N) is 1. The van der Waals surface area contributed by atoms with Crippen molar-refractivity contribution in [3.8, 4) is 0 Å². The summed E-state index contributed by atoms with van der Waals surface area (Å²) in [6.07, 6.45) is 2.84. The van der Waals surface area contributed by atoms with E-state index in [1.807, 2.05) is 26.2 Å². The second kappa shape index (κ2) is 5.76. The highest BCUT2D eigenvalue weighted by Gasteiger charge is 2.47. The van der Waals surface area contributed by atoms with Gasteiger partial charge >= 0.3 is 0 Å². The summed E-state index contributed by atoms with van der Waals surface area (Å²) in [4.78, 5) is 2.06. The molecule has 1 spiro atoms. The molecule has 23 heavy (non-hydrogen) atoms. The first-order chi connectivity index (χ1) is 10.7. The quantitative estimate of drug-likeness (QED) is 0.908. The summed E-state index contributed by atoms with van der Waals surface area (Å²) in [5.41, 5.74) is 1.46. The van der Waals surface area contributed by atoms with Gasteiger partial charge in [-0.1, -0.05) is 26.0 Å². The summed E-state index contributed by atoms with van der Waals surface area (Å²) in [7, 11) is 4.04. The van der Waals surface area contributed by atoms with E-state index in [9.17, 15) is 5.11 Å². The van der Waals surface area contributed by atoms with E-state index >= 15 is 0 Å². The van der Waals surface area contributed by atoms with E-state index in [1.54, 1.807) is 0 Å². The molecule has 0 unspecified atom stereocenters. The number of ether oxygens (including phenoxy) is 2. The van der Waals surface area contributed by atoms with Crippen molar-refractivity contribution in [2.75, 3.05) is 32.2 Å². The van der Waals surface area contributed by atoms with E-state index < -0.39 is 11.4 Å². The molecule has 1 aromatic carbocycles. The van der Waals surface area contributed by atoms with Crippen LogP contribution in [-0.2, 0) is 15.1 Å². The van der Waals surface area contributed by atoms with Crippen LogP contribution in [0.5, 0.6) is 0 Å². The summed E-state index contributed by atoms with van der Waals surface area (Å²) in [5.74, 6) is -0.481. The zero-order valence-electron chi connectivity index (χ0n) is 14.8. The van der Waals surface area contributed by atoms with Crippen LogP contribution in [-0.4, -0.2) is 38.2 Å². The van der Waals surface area contributed by atoms with Crippen molar-refractivity contribution < 1.29 is 14.6 Å². The molecule has 3 rings (SSSR count). The predicted octanol–water partition coefficient (Wildman–Crippen LogP) is 3.28. The van der Waals surface area contributed by atoms with E-state index in [2.05, 4.69) is 30.9 Å². The van der Waals surface area contributed by atoms with Gasteiger partial charge in [-0.3, -0.25) is 0 Å². The molecule has 0 amide bonds. The molecule has 1 N–H and O–H groups in total. The summed E-state index contributed by atoms with van der Waals surface area (Å²) in [5, 5.41) is 11.1. The van der Waals surface area contributed by atoms with Gasteiger partial charge in [-0.15, -0.1) is 0 Å². The number of aliphatic hydroxyl groups is 1. The Morgan fingerprint density at radius 3 is 1.91 bits per heavy atom. The number of benzene rings is 1. The average Bonchev–Trinajstić information content (AvgIpc) is 2.53. The Kier molecular flexibility index (Phi) is 4.20. The maximum atomic E-state index is 11.1. The van der Waals surface area contributed by atoms with Crippen molar-refractivity contribution in [3.63, 3.8) is 0 Å². The van der Waals surface area contributed by atoms with Crippen molar-refractivity contribution in [1.82, 2.24) is 0 Å². The van der Waals surface area contributed by atoms with Gasteiger partial charge in [-0.25, -0.2) is 0 Å². The molecule has 0 radical (unpaired) electrons. The van der Waals surface area contributed by atoms with Gasteiger partial charge in [0.25, 0.3) is 0 Å².